The summed E-state index contributed by atoms with van der Waals surface area (Å²) >= 11 is 3.27. The molecule has 1 aromatic carbocycles. The largest absolute Gasteiger partial charge is 0.453 e. The van der Waals surface area contributed by atoms with Gasteiger partial charge in [-0.1, -0.05) is 28.1 Å². The molecule has 1 atom stereocenters. The quantitative estimate of drug-likeness (QED) is 0.437. The molecule has 2 rings (SSSR count). The van der Waals surface area contributed by atoms with Gasteiger partial charge in [-0.25, -0.2) is 4.79 Å². The van der Waals surface area contributed by atoms with E-state index in [1.165, 1.54) is 18.9 Å². The van der Waals surface area contributed by atoms with Gasteiger partial charge in [0.1, 0.15) is 13.1 Å². The molecule has 7 nitrogen and oxygen atoms in total. The van der Waals surface area contributed by atoms with Crippen LogP contribution >= 0.6 is 15.9 Å². The second-order valence-electron chi connectivity index (χ2n) is 5.12. The van der Waals surface area contributed by atoms with Crippen LogP contribution in [0, 0.1) is 0 Å². The third kappa shape index (κ3) is 3.95. The van der Waals surface area contributed by atoms with Gasteiger partial charge in [-0.3, -0.25) is 19.3 Å². The maximum Gasteiger partial charge on any atom is 0.327 e. The number of benzene rings is 1. The van der Waals surface area contributed by atoms with Gasteiger partial charge in [-0.05, 0) is 19.1 Å². The lowest BCUT2D eigenvalue weighted by Crippen LogP contribution is -2.38. The van der Waals surface area contributed by atoms with Crippen molar-refractivity contribution in [1.29, 1.82) is 0 Å². The maximum atomic E-state index is 12.2. The third-order valence-electron chi connectivity index (χ3n) is 3.32. The summed E-state index contributed by atoms with van der Waals surface area (Å²) in [6.07, 6.45) is -1.01. The summed E-state index contributed by atoms with van der Waals surface area (Å²) < 4.78 is 5.85. The van der Waals surface area contributed by atoms with Gasteiger partial charge in [-0.2, -0.15) is 0 Å². The number of rotatable bonds is 5. The molecule has 0 unspecified atom stereocenters. The van der Waals surface area contributed by atoms with Gasteiger partial charge in [0, 0.05) is 17.1 Å². The molecule has 0 aliphatic carbocycles. The Labute approximate surface area is 141 Å². The highest BCUT2D eigenvalue weighted by Crippen LogP contribution is 2.14. The molecular weight excluding hydrogens is 368 g/mol. The molecule has 122 valence electrons. The first-order valence-electron chi connectivity index (χ1n) is 6.84. The van der Waals surface area contributed by atoms with Crippen LogP contribution in [0.5, 0.6) is 0 Å². The molecule has 0 N–H and O–H groups in total. The fourth-order valence-corrected chi connectivity index (χ4v) is 2.35. The molecule has 23 heavy (non-hydrogen) atoms. The highest BCUT2D eigenvalue weighted by atomic mass is 79.9. The van der Waals surface area contributed by atoms with Crippen molar-refractivity contribution >= 4 is 39.6 Å². The molecule has 0 bridgehead atoms. The van der Waals surface area contributed by atoms with Crippen LogP contribution in [0.4, 0.5) is 4.79 Å². The lowest BCUT2D eigenvalue weighted by atomic mass is 10.1. The van der Waals surface area contributed by atoms with Crippen LogP contribution in [0.15, 0.2) is 28.7 Å². The Balaban J connectivity index is 1.94. The summed E-state index contributed by atoms with van der Waals surface area (Å²) in [6, 6.07) is 6.08. The highest BCUT2D eigenvalue weighted by Gasteiger charge is 2.35. The lowest BCUT2D eigenvalue weighted by Gasteiger charge is -2.16. The lowest BCUT2D eigenvalue weighted by molar-refractivity contribution is -0.149. The van der Waals surface area contributed by atoms with Gasteiger partial charge in [0.15, 0.2) is 6.10 Å². The van der Waals surface area contributed by atoms with E-state index in [1.54, 1.807) is 24.3 Å². The summed E-state index contributed by atoms with van der Waals surface area (Å²) in [5.74, 6) is -1.64. The van der Waals surface area contributed by atoms with E-state index in [0.29, 0.717) is 5.56 Å². The zero-order valence-electron chi connectivity index (χ0n) is 12.6. The minimum Gasteiger partial charge on any atom is -0.453 e. The normalized spacial score (nSPS) is 15.8. The number of urea groups is 1. The number of Topliss-reactive ketones (excluding diaryl/α,β-unsaturated/α-hetero) is 1. The highest BCUT2D eigenvalue weighted by molar-refractivity contribution is 9.10. The first-order valence-corrected chi connectivity index (χ1v) is 7.63. The van der Waals surface area contributed by atoms with E-state index in [1.807, 2.05) is 0 Å². The maximum absolute atomic E-state index is 12.2. The van der Waals surface area contributed by atoms with Crippen molar-refractivity contribution in [3.05, 3.63) is 34.3 Å². The topological polar surface area (TPSA) is 84.0 Å². The van der Waals surface area contributed by atoms with Crippen LogP contribution < -0.4 is 0 Å². The van der Waals surface area contributed by atoms with E-state index in [4.69, 9.17) is 4.74 Å². The van der Waals surface area contributed by atoms with Crippen LogP contribution in [0.1, 0.15) is 17.3 Å². The molecule has 3 amide bonds. The van der Waals surface area contributed by atoms with Gasteiger partial charge < -0.3 is 9.64 Å². The Morgan fingerprint density at radius 2 is 1.87 bits per heavy atom. The first-order chi connectivity index (χ1) is 10.8. The number of ketones is 1. The van der Waals surface area contributed by atoms with Crippen LogP contribution in [0.2, 0.25) is 0 Å². The van der Waals surface area contributed by atoms with E-state index in [-0.39, 0.29) is 12.3 Å². The number of amides is 3. The molecule has 1 aliphatic rings. The first kappa shape index (κ1) is 17.1. The van der Waals surface area contributed by atoms with Crippen LogP contribution in [-0.4, -0.2) is 59.7 Å². The molecule has 8 heteroatoms. The van der Waals surface area contributed by atoms with E-state index < -0.39 is 30.6 Å². The van der Waals surface area contributed by atoms with Crippen molar-refractivity contribution in [2.45, 2.75) is 13.0 Å². The minimum atomic E-state index is -1.01. The van der Waals surface area contributed by atoms with Crippen molar-refractivity contribution in [1.82, 2.24) is 9.80 Å². The van der Waals surface area contributed by atoms with E-state index in [0.717, 1.165) is 9.37 Å². The van der Waals surface area contributed by atoms with Gasteiger partial charge in [0.2, 0.25) is 5.78 Å². The fourth-order valence-electron chi connectivity index (χ4n) is 2.09. The minimum absolute atomic E-state index is 0.0699. The third-order valence-corrected chi connectivity index (χ3v) is 3.85. The number of imide groups is 1. The average Bonchev–Trinajstić information content (AvgIpc) is 2.73. The number of esters is 1. The van der Waals surface area contributed by atoms with Crippen LogP contribution in [0.25, 0.3) is 0 Å². The van der Waals surface area contributed by atoms with Gasteiger partial charge in [0.25, 0.3) is 5.91 Å². The fraction of sp³-hybridized carbons (Fsp3) is 0.333. The number of hydrogen-bond acceptors (Lipinski definition) is 5. The van der Waals surface area contributed by atoms with E-state index in [9.17, 15) is 19.2 Å². The van der Waals surface area contributed by atoms with Crippen molar-refractivity contribution in [3.63, 3.8) is 0 Å². The molecule has 0 aromatic heterocycles. The number of hydrogen-bond donors (Lipinski definition) is 0. The van der Waals surface area contributed by atoms with Crippen molar-refractivity contribution < 1.29 is 23.9 Å². The number of halogens is 1. The molecular formula is C15H15BrN2O5. The number of carbonyl (C=O) groups is 4. The smallest absolute Gasteiger partial charge is 0.327 e. The van der Waals surface area contributed by atoms with Crippen LogP contribution in [-0.2, 0) is 14.3 Å². The van der Waals surface area contributed by atoms with Gasteiger partial charge in [-0.15, -0.1) is 0 Å². The standard InChI is InChI=1S/C15H15BrN2O5/c1-9(14(21)10-3-5-11(16)6-4-10)23-13(20)8-18-12(19)7-17(2)15(18)22/h3-6,9H,7-8H2,1-2H3/t9-/m1/s1. The number of carbonyl (C=O) groups excluding carboxylic acids is 4. The molecule has 1 saturated heterocycles. The molecule has 1 aromatic rings. The second kappa shape index (κ2) is 6.91. The Morgan fingerprint density at radius 3 is 2.39 bits per heavy atom. The predicted octanol–water partition coefficient (Wildman–Crippen LogP) is 1.46. The second-order valence-corrected chi connectivity index (χ2v) is 6.04. The zero-order chi connectivity index (χ0) is 17.1. The number of ether oxygens (including phenoxy) is 1. The van der Waals surface area contributed by atoms with Gasteiger partial charge >= 0.3 is 12.0 Å². The van der Waals surface area contributed by atoms with E-state index in [2.05, 4.69) is 15.9 Å². The van der Waals surface area contributed by atoms with E-state index >= 15 is 0 Å². The van der Waals surface area contributed by atoms with Crippen molar-refractivity contribution in [2.75, 3.05) is 20.1 Å². The summed E-state index contributed by atoms with van der Waals surface area (Å²) in [7, 11) is 1.46. The Kier molecular flexibility index (Phi) is 5.15. The SMILES string of the molecule is C[C@@H](OC(=O)CN1C(=O)CN(C)C1=O)C(=O)c1ccc(Br)cc1. The molecule has 0 saturated carbocycles. The summed E-state index contributed by atoms with van der Waals surface area (Å²) in [5, 5.41) is 0. The monoisotopic (exact) mass is 382 g/mol. The summed E-state index contributed by atoms with van der Waals surface area (Å²) in [5.41, 5.74) is 0.404. The zero-order valence-corrected chi connectivity index (χ0v) is 14.2. The van der Waals surface area contributed by atoms with Crippen molar-refractivity contribution in [3.8, 4) is 0 Å². The van der Waals surface area contributed by atoms with Crippen molar-refractivity contribution in [2.24, 2.45) is 0 Å². The average molecular weight is 383 g/mol. The summed E-state index contributed by atoms with van der Waals surface area (Å²) in [6.45, 7) is 0.876. The molecule has 1 heterocycles. The Morgan fingerprint density at radius 1 is 1.26 bits per heavy atom. The van der Waals surface area contributed by atoms with Crippen LogP contribution in [0.3, 0.4) is 0 Å². The number of likely N-dealkylation sites (N-methyl/N-ethyl adjacent to an activating group) is 1. The molecule has 1 aliphatic heterocycles. The number of nitrogens with zero attached hydrogens (tertiary/aromatic N) is 2. The Bertz CT molecular complexity index is 658. The van der Waals surface area contributed by atoms with Gasteiger partial charge in [0.05, 0.1) is 0 Å². The molecule has 0 spiro atoms. The predicted molar refractivity (Wildman–Crippen MR) is 83.8 cm³/mol. The molecule has 1 fully saturated rings. The Hall–Kier alpha value is -2.22. The summed E-state index contributed by atoms with van der Waals surface area (Å²) in [4.78, 5) is 49.3. The molecule has 0 radical (unpaired) electrons.